The zero-order valence-electron chi connectivity index (χ0n) is 18.2. The minimum absolute atomic E-state index is 0.0114. The summed E-state index contributed by atoms with van der Waals surface area (Å²) in [4.78, 5) is 29.0. The Kier molecular flexibility index (Phi) is 6.51. The van der Waals surface area contributed by atoms with E-state index in [0.29, 0.717) is 41.1 Å². The smallest absolute Gasteiger partial charge is 0.255 e. The SMILES string of the molecule is C=C1CC(Cc2ccc(NC(=O)c3cc(C#Cc4ccccn4)cc(OC)c3)cc2)C(=O)N1. The number of aromatic nitrogens is 1. The highest BCUT2D eigenvalue weighted by molar-refractivity contribution is 6.04. The summed E-state index contributed by atoms with van der Waals surface area (Å²) in [6.07, 6.45) is 2.96. The first-order valence-electron chi connectivity index (χ1n) is 10.5. The number of anilines is 1. The molecule has 1 aromatic heterocycles. The van der Waals surface area contributed by atoms with Gasteiger partial charge in [-0.25, -0.2) is 4.98 Å². The molecule has 4 rings (SSSR count). The summed E-state index contributed by atoms with van der Waals surface area (Å²) in [5.74, 6) is 6.21. The molecule has 6 nitrogen and oxygen atoms in total. The maximum absolute atomic E-state index is 12.9. The van der Waals surface area contributed by atoms with Crippen molar-refractivity contribution in [1.29, 1.82) is 0 Å². The van der Waals surface area contributed by atoms with Crippen LogP contribution in [0.1, 0.15) is 33.6 Å². The predicted molar refractivity (Wildman–Crippen MR) is 127 cm³/mol. The molecule has 1 unspecified atom stereocenters. The van der Waals surface area contributed by atoms with Crippen molar-refractivity contribution in [2.45, 2.75) is 12.8 Å². The number of nitrogens with zero attached hydrogens (tertiary/aromatic N) is 1. The molecule has 1 aliphatic rings. The van der Waals surface area contributed by atoms with Crippen molar-refractivity contribution in [3.05, 3.63) is 102 Å². The van der Waals surface area contributed by atoms with Crippen molar-refractivity contribution in [1.82, 2.24) is 10.3 Å². The Hall–Kier alpha value is -4.37. The van der Waals surface area contributed by atoms with Crippen LogP contribution in [-0.4, -0.2) is 23.9 Å². The minimum atomic E-state index is -0.269. The first kappa shape index (κ1) is 21.8. The van der Waals surface area contributed by atoms with Gasteiger partial charge in [0.2, 0.25) is 5.91 Å². The summed E-state index contributed by atoms with van der Waals surface area (Å²) in [5, 5.41) is 5.66. The van der Waals surface area contributed by atoms with Crippen molar-refractivity contribution in [2.24, 2.45) is 5.92 Å². The van der Waals surface area contributed by atoms with Crippen LogP contribution in [0.15, 0.2) is 79.1 Å². The summed E-state index contributed by atoms with van der Waals surface area (Å²) < 4.78 is 5.34. The van der Waals surface area contributed by atoms with Gasteiger partial charge in [-0.2, -0.15) is 0 Å². The number of ether oxygens (including phenoxy) is 1. The third-order valence-corrected chi connectivity index (χ3v) is 5.26. The molecule has 164 valence electrons. The molecule has 6 heteroatoms. The number of benzene rings is 2. The zero-order valence-corrected chi connectivity index (χ0v) is 18.2. The second kappa shape index (κ2) is 9.84. The van der Waals surface area contributed by atoms with Crippen molar-refractivity contribution in [3.8, 4) is 17.6 Å². The second-order valence-electron chi connectivity index (χ2n) is 7.76. The first-order valence-corrected chi connectivity index (χ1v) is 10.5. The highest BCUT2D eigenvalue weighted by Gasteiger charge is 2.26. The summed E-state index contributed by atoms with van der Waals surface area (Å²) >= 11 is 0. The van der Waals surface area contributed by atoms with E-state index < -0.39 is 0 Å². The number of hydrogen-bond donors (Lipinski definition) is 2. The number of methoxy groups -OCH3 is 1. The molecular formula is C27H23N3O3. The van der Waals surface area contributed by atoms with E-state index in [1.165, 1.54) is 0 Å². The van der Waals surface area contributed by atoms with Crippen LogP contribution in [-0.2, 0) is 11.2 Å². The van der Waals surface area contributed by atoms with Crippen molar-refractivity contribution in [2.75, 3.05) is 12.4 Å². The van der Waals surface area contributed by atoms with Gasteiger partial charge in [0.15, 0.2) is 0 Å². The van der Waals surface area contributed by atoms with Gasteiger partial charge in [-0.3, -0.25) is 9.59 Å². The summed E-state index contributed by atoms with van der Waals surface area (Å²) in [6.45, 7) is 3.82. The van der Waals surface area contributed by atoms with Crippen LogP contribution in [0.5, 0.6) is 5.75 Å². The molecule has 0 bridgehead atoms. The fourth-order valence-corrected chi connectivity index (χ4v) is 3.59. The van der Waals surface area contributed by atoms with E-state index >= 15 is 0 Å². The Labute approximate surface area is 192 Å². The molecular weight excluding hydrogens is 414 g/mol. The molecule has 0 radical (unpaired) electrons. The molecule has 1 saturated heterocycles. The van der Waals surface area contributed by atoms with Gasteiger partial charge < -0.3 is 15.4 Å². The molecule has 0 aliphatic carbocycles. The maximum Gasteiger partial charge on any atom is 0.255 e. The lowest BCUT2D eigenvalue weighted by Gasteiger charge is -2.10. The standard InChI is InChI=1S/C27H23N3O3/c1-18-13-21(26(31)29-18)14-19-6-10-24(11-7-19)30-27(32)22-15-20(16-25(17-22)33-2)8-9-23-5-3-4-12-28-23/h3-7,10-12,15-17,21H,1,13-14H2,2H3,(H,29,31)(H,30,32). The van der Waals surface area contributed by atoms with Gasteiger partial charge in [-0.15, -0.1) is 0 Å². The molecule has 1 aliphatic heterocycles. The summed E-state index contributed by atoms with van der Waals surface area (Å²) in [6, 6.07) is 18.2. The van der Waals surface area contributed by atoms with Crippen molar-refractivity contribution < 1.29 is 14.3 Å². The molecule has 2 N–H and O–H groups in total. The number of carbonyl (C=O) groups is 2. The molecule has 3 aromatic rings. The van der Waals surface area contributed by atoms with Crippen LogP contribution in [0.2, 0.25) is 0 Å². The fraction of sp³-hybridized carbons (Fsp3) is 0.148. The Morgan fingerprint density at radius 1 is 1.18 bits per heavy atom. The molecule has 2 amide bonds. The summed E-state index contributed by atoms with van der Waals surface area (Å²) in [5.41, 5.74) is 4.17. The lowest BCUT2D eigenvalue weighted by Crippen LogP contribution is -2.19. The number of hydrogen-bond acceptors (Lipinski definition) is 4. The van der Waals surface area contributed by atoms with Gasteiger partial charge in [-0.05, 0) is 66.8 Å². The van der Waals surface area contributed by atoms with Gasteiger partial charge in [0.05, 0.1) is 7.11 Å². The van der Waals surface area contributed by atoms with Gasteiger partial charge in [-0.1, -0.05) is 30.7 Å². The molecule has 2 heterocycles. The molecule has 0 spiro atoms. The van der Waals surface area contributed by atoms with Crippen LogP contribution in [0.3, 0.4) is 0 Å². The van der Waals surface area contributed by atoms with Gasteiger partial charge in [0.25, 0.3) is 5.91 Å². The summed E-state index contributed by atoms with van der Waals surface area (Å²) in [7, 11) is 1.55. The minimum Gasteiger partial charge on any atom is -0.497 e. The Balaban J connectivity index is 1.46. The van der Waals surface area contributed by atoms with E-state index in [1.54, 1.807) is 31.5 Å². The lowest BCUT2D eigenvalue weighted by atomic mass is 9.97. The Bertz CT molecular complexity index is 1260. The molecule has 1 fully saturated rings. The van der Waals surface area contributed by atoms with Crippen LogP contribution < -0.4 is 15.4 Å². The van der Waals surface area contributed by atoms with Crippen LogP contribution >= 0.6 is 0 Å². The van der Waals surface area contributed by atoms with Crippen LogP contribution in [0.25, 0.3) is 0 Å². The van der Waals surface area contributed by atoms with E-state index in [4.69, 9.17) is 4.74 Å². The molecule has 33 heavy (non-hydrogen) atoms. The van der Waals surface area contributed by atoms with E-state index in [0.717, 1.165) is 11.3 Å². The van der Waals surface area contributed by atoms with E-state index in [1.807, 2.05) is 42.5 Å². The van der Waals surface area contributed by atoms with Gasteiger partial charge >= 0.3 is 0 Å². The maximum atomic E-state index is 12.9. The topological polar surface area (TPSA) is 80.3 Å². The molecule has 1 atom stereocenters. The third-order valence-electron chi connectivity index (χ3n) is 5.26. The average molecular weight is 437 g/mol. The number of carbonyl (C=O) groups excluding carboxylic acids is 2. The van der Waals surface area contributed by atoms with Crippen molar-refractivity contribution in [3.63, 3.8) is 0 Å². The second-order valence-corrected chi connectivity index (χ2v) is 7.76. The van der Waals surface area contributed by atoms with E-state index in [9.17, 15) is 9.59 Å². The highest BCUT2D eigenvalue weighted by Crippen LogP contribution is 2.23. The molecule has 2 aromatic carbocycles. The fourth-order valence-electron chi connectivity index (χ4n) is 3.59. The number of allylic oxidation sites excluding steroid dienone is 1. The Morgan fingerprint density at radius 2 is 2.00 bits per heavy atom. The predicted octanol–water partition coefficient (Wildman–Crippen LogP) is 3.93. The van der Waals surface area contributed by atoms with Crippen LogP contribution in [0, 0.1) is 17.8 Å². The number of pyridine rings is 1. The van der Waals surface area contributed by atoms with Gasteiger partial charge in [0, 0.05) is 34.6 Å². The van der Waals surface area contributed by atoms with E-state index in [2.05, 4.69) is 34.0 Å². The number of nitrogens with one attached hydrogen (secondary N) is 2. The number of amides is 2. The van der Waals surface area contributed by atoms with Crippen LogP contribution in [0.4, 0.5) is 5.69 Å². The normalized spacial score (nSPS) is 14.8. The average Bonchev–Trinajstić information content (AvgIpc) is 3.15. The Morgan fingerprint density at radius 3 is 2.67 bits per heavy atom. The monoisotopic (exact) mass is 437 g/mol. The van der Waals surface area contributed by atoms with Gasteiger partial charge in [0.1, 0.15) is 11.4 Å². The van der Waals surface area contributed by atoms with Crippen molar-refractivity contribution >= 4 is 17.5 Å². The number of rotatable bonds is 5. The third kappa shape index (κ3) is 5.66. The highest BCUT2D eigenvalue weighted by atomic mass is 16.5. The lowest BCUT2D eigenvalue weighted by molar-refractivity contribution is -0.122. The van der Waals surface area contributed by atoms with E-state index in [-0.39, 0.29) is 17.7 Å². The zero-order chi connectivity index (χ0) is 23.2. The quantitative estimate of drug-likeness (QED) is 0.593. The molecule has 0 saturated carbocycles. The first-order chi connectivity index (χ1) is 16.0. The largest absolute Gasteiger partial charge is 0.497 e.